The molecule has 2 atom stereocenters. The summed E-state index contributed by atoms with van der Waals surface area (Å²) in [6, 6.07) is 17.5. The summed E-state index contributed by atoms with van der Waals surface area (Å²) in [5.74, 6) is 1.83. The molecule has 2 aromatic carbocycles. The predicted molar refractivity (Wildman–Crippen MR) is 123 cm³/mol. The second-order valence-electron chi connectivity index (χ2n) is 8.39. The summed E-state index contributed by atoms with van der Waals surface area (Å²) in [4.78, 5) is 18.8. The van der Waals surface area contributed by atoms with Crippen molar-refractivity contribution in [2.75, 3.05) is 33.0 Å². The van der Waals surface area contributed by atoms with Gasteiger partial charge in [-0.15, -0.1) is 11.8 Å². The normalized spacial score (nSPS) is 22.1. The van der Waals surface area contributed by atoms with Crippen LogP contribution in [0.5, 0.6) is 5.75 Å². The van der Waals surface area contributed by atoms with E-state index in [0.717, 1.165) is 51.2 Å². The average molecular weight is 425 g/mol. The second kappa shape index (κ2) is 9.88. The SMILES string of the molecule is COc1ccccc1CCN1C(=O)CC[C@@H]2CN(Cc3ccc(SC)cc3)CC[C@@H]21. The number of piperidine rings is 2. The molecular weight excluding hydrogens is 392 g/mol. The number of hydrogen-bond acceptors (Lipinski definition) is 4. The third kappa shape index (κ3) is 4.84. The van der Waals surface area contributed by atoms with Crippen LogP contribution in [-0.4, -0.2) is 54.7 Å². The van der Waals surface area contributed by atoms with E-state index in [9.17, 15) is 4.79 Å². The second-order valence-corrected chi connectivity index (χ2v) is 9.27. The van der Waals surface area contributed by atoms with Crippen LogP contribution in [0.15, 0.2) is 53.4 Å². The Balaban J connectivity index is 1.37. The minimum Gasteiger partial charge on any atom is -0.496 e. The average Bonchev–Trinajstić information content (AvgIpc) is 2.79. The van der Waals surface area contributed by atoms with Crippen LogP contribution in [0.4, 0.5) is 0 Å². The van der Waals surface area contributed by atoms with Crippen molar-refractivity contribution < 1.29 is 9.53 Å². The molecule has 2 aliphatic heterocycles. The minimum atomic E-state index is 0.326. The number of fused-ring (bicyclic) bond motifs is 1. The van der Waals surface area contributed by atoms with Crippen molar-refractivity contribution >= 4 is 17.7 Å². The summed E-state index contributed by atoms with van der Waals surface area (Å²) in [6.07, 6.45) is 5.75. The molecule has 0 aromatic heterocycles. The summed E-state index contributed by atoms with van der Waals surface area (Å²) in [7, 11) is 1.71. The van der Waals surface area contributed by atoms with Gasteiger partial charge >= 0.3 is 0 Å². The highest BCUT2D eigenvalue weighted by atomic mass is 32.2. The van der Waals surface area contributed by atoms with Gasteiger partial charge in [-0.25, -0.2) is 0 Å². The lowest BCUT2D eigenvalue weighted by molar-refractivity contribution is -0.141. The first kappa shape index (κ1) is 21.3. The number of benzene rings is 2. The monoisotopic (exact) mass is 424 g/mol. The molecule has 2 aliphatic rings. The first-order valence-electron chi connectivity index (χ1n) is 10.9. The van der Waals surface area contributed by atoms with Gasteiger partial charge in [0.2, 0.25) is 5.91 Å². The molecular formula is C25H32N2O2S. The molecule has 0 unspecified atom stereocenters. The fraction of sp³-hybridized carbons (Fsp3) is 0.480. The molecule has 1 amide bonds. The molecule has 0 saturated carbocycles. The van der Waals surface area contributed by atoms with Gasteiger partial charge in [-0.05, 0) is 60.8 Å². The van der Waals surface area contributed by atoms with E-state index in [1.807, 2.05) is 18.2 Å². The van der Waals surface area contributed by atoms with Crippen LogP contribution < -0.4 is 4.74 Å². The number of carbonyl (C=O) groups excluding carboxylic acids is 1. The Bertz CT molecular complexity index is 854. The molecule has 2 aromatic rings. The summed E-state index contributed by atoms with van der Waals surface area (Å²) in [5.41, 5.74) is 2.56. The van der Waals surface area contributed by atoms with Crippen LogP contribution in [0.2, 0.25) is 0 Å². The van der Waals surface area contributed by atoms with Gasteiger partial charge < -0.3 is 9.64 Å². The number of ether oxygens (including phenoxy) is 1. The lowest BCUT2D eigenvalue weighted by Gasteiger charge is -2.47. The Morgan fingerprint density at radius 2 is 1.90 bits per heavy atom. The number of amides is 1. The maximum absolute atomic E-state index is 12.7. The predicted octanol–water partition coefficient (Wildman–Crippen LogP) is 4.47. The molecule has 4 rings (SSSR count). The molecule has 0 spiro atoms. The summed E-state index contributed by atoms with van der Waals surface area (Å²) in [5, 5.41) is 0. The van der Waals surface area contributed by atoms with E-state index in [4.69, 9.17) is 4.74 Å². The van der Waals surface area contributed by atoms with Crippen molar-refractivity contribution in [1.29, 1.82) is 0 Å². The number of likely N-dealkylation sites (tertiary alicyclic amines) is 2. The topological polar surface area (TPSA) is 32.8 Å². The number of para-hydroxylation sites is 1. The van der Waals surface area contributed by atoms with Gasteiger partial charge in [0.25, 0.3) is 0 Å². The van der Waals surface area contributed by atoms with Crippen molar-refractivity contribution in [3.63, 3.8) is 0 Å². The van der Waals surface area contributed by atoms with Crippen molar-refractivity contribution in [1.82, 2.24) is 9.80 Å². The zero-order valence-corrected chi connectivity index (χ0v) is 18.9. The molecule has 0 radical (unpaired) electrons. The first-order chi connectivity index (χ1) is 14.7. The third-order valence-electron chi connectivity index (χ3n) is 6.61. The van der Waals surface area contributed by atoms with Gasteiger partial charge in [0, 0.05) is 43.5 Å². The van der Waals surface area contributed by atoms with E-state index < -0.39 is 0 Å². The quantitative estimate of drug-likeness (QED) is 0.614. The van der Waals surface area contributed by atoms with E-state index in [2.05, 4.69) is 46.4 Å². The van der Waals surface area contributed by atoms with Crippen LogP contribution in [-0.2, 0) is 17.8 Å². The van der Waals surface area contributed by atoms with E-state index in [1.54, 1.807) is 18.9 Å². The lowest BCUT2D eigenvalue weighted by atomic mass is 9.83. The zero-order chi connectivity index (χ0) is 20.9. The van der Waals surface area contributed by atoms with Crippen LogP contribution in [0.25, 0.3) is 0 Å². The largest absolute Gasteiger partial charge is 0.496 e. The molecule has 5 heteroatoms. The third-order valence-corrected chi connectivity index (χ3v) is 7.35. The van der Waals surface area contributed by atoms with Gasteiger partial charge in [0.05, 0.1) is 7.11 Å². The lowest BCUT2D eigenvalue weighted by Crippen LogP contribution is -2.56. The number of carbonyl (C=O) groups is 1. The van der Waals surface area contributed by atoms with Crippen molar-refractivity contribution in [3.8, 4) is 5.75 Å². The Kier molecular flexibility index (Phi) is 7.00. The van der Waals surface area contributed by atoms with E-state index >= 15 is 0 Å². The summed E-state index contributed by atoms with van der Waals surface area (Å²) >= 11 is 1.79. The van der Waals surface area contributed by atoms with Crippen LogP contribution in [0.3, 0.4) is 0 Å². The van der Waals surface area contributed by atoms with Crippen LogP contribution in [0.1, 0.15) is 30.4 Å². The summed E-state index contributed by atoms with van der Waals surface area (Å²) in [6.45, 7) is 3.95. The number of methoxy groups -OCH3 is 1. The van der Waals surface area contributed by atoms with Crippen LogP contribution in [0, 0.1) is 5.92 Å². The standard InChI is InChI=1S/C25H32N2O2S/c1-29-24-6-4-3-5-20(24)13-16-27-23-14-15-26(18-21(23)9-12-25(27)28)17-19-7-10-22(30-2)11-8-19/h3-8,10-11,21,23H,9,12-18H2,1-2H3/t21-,23+/m1/s1. The van der Waals surface area contributed by atoms with E-state index in [1.165, 1.54) is 16.0 Å². The van der Waals surface area contributed by atoms with Crippen LogP contribution >= 0.6 is 11.8 Å². The van der Waals surface area contributed by atoms with Gasteiger partial charge in [-0.2, -0.15) is 0 Å². The fourth-order valence-electron chi connectivity index (χ4n) is 5.00. The number of nitrogens with zero attached hydrogens (tertiary/aromatic N) is 2. The summed E-state index contributed by atoms with van der Waals surface area (Å²) < 4.78 is 5.49. The Hall–Kier alpha value is -1.98. The molecule has 2 heterocycles. The number of rotatable bonds is 7. The first-order valence-corrected chi connectivity index (χ1v) is 12.2. The van der Waals surface area contributed by atoms with Crippen molar-refractivity contribution in [2.45, 2.75) is 43.2 Å². The van der Waals surface area contributed by atoms with Crippen molar-refractivity contribution in [3.05, 3.63) is 59.7 Å². The smallest absolute Gasteiger partial charge is 0.222 e. The van der Waals surface area contributed by atoms with E-state index in [-0.39, 0.29) is 0 Å². The maximum Gasteiger partial charge on any atom is 0.222 e. The highest BCUT2D eigenvalue weighted by Crippen LogP contribution is 2.32. The Morgan fingerprint density at radius 3 is 2.67 bits per heavy atom. The molecule has 0 bridgehead atoms. The Morgan fingerprint density at radius 1 is 1.10 bits per heavy atom. The molecule has 160 valence electrons. The fourth-order valence-corrected chi connectivity index (χ4v) is 5.41. The van der Waals surface area contributed by atoms with Gasteiger partial charge in [0.1, 0.15) is 5.75 Å². The Labute approximate surface area is 184 Å². The molecule has 2 saturated heterocycles. The van der Waals surface area contributed by atoms with Gasteiger partial charge in [-0.1, -0.05) is 30.3 Å². The molecule has 0 aliphatic carbocycles. The van der Waals surface area contributed by atoms with Gasteiger partial charge in [0.15, 0.2) is 0 Å². The number of hydrogen-bond donors (Lipinski definition) is 0. The highest BCUT2D eigenvalue weighted by Gasteiger charge is 2.38. The van der Waals surface area contributed by atoms with Crippen molar-refractivity contribution in [2.24, 2.45) is 5.92 Å². The molecule has 2 fully saturated rings. The highest BCUT2D eigenvalue weighted by molar-refractivity contribution is 7.98. The van der Waals surface area contributed by atoms with Gasteiger partial charge in [-0.3, -0.25) is 9.69 Å². The molecule has 0 N–H and O–H groups in total. The maximum atomic E-state index is 12.7. The zero-order valence-electron chi connectivity index (χ0n) is 18.0. The number of thioether (sulfide) groups is 1. The minimum absolute atomic E-state index is 0.326. The van der Waals surface area contributed by atoms with E-state index in [0.29, 0.717) is 24.3 Å². The molecule has 4 nitrogen and oxygen atoms in total. The molecule has 30 heavy (non-hydrogen) atoms.